The summed E-state index contributed by atoms with van der Waals surface area (Å²) >= 11 is 0. The molecule has 1 aliphatic rings. The molecule has 0 aliphatic carbocycles. The number of allylic oxidation sites excluding steroid dienone is 1. The third-order valence-electron chi connectivity index (χ3n) is 4.71. The lowest BCUT2D eigenvalue weighted by atomic mass is 9.82. The molecule has 3 aromatic rings. The van der Waals surface area contributed by atoms with E-state index in [2.05, 4.69) is 0 Å². The molecule has 4 rings (SSSR count). The minimum Gasteiger partial charge on any atom is -0.439 e. The van der Waals surface area contributed by atoms with Crippen LogP contribution in [-0.4, -0.2) is 4.57 Å². The van der Waals surface area contributed by atoms with Crippen molar-refractivity contribution in [3.63, 3.8) is 0 Å². The number of aromatic nitrogens is 1. The summed E-state index contributed by atoms with van der Waals surface area (Å²) in [5.74, 6) is -0.933. The number of nitrogens with two attached hydrogens (primary N) is 1. The van der Waals surface area contributed by atoms with Gasteiger partial charge in [0.05, 0.1) is 17.0 Å². The summed E-state index contributed by atoms with van der Waals surface area (Å²) in [6.07, 6.45) is 1.89. The molecule has 6 heteroatoms. The predicted octanol–water partition coefficient (Wildman–Crippen LogP) is 3.41. The first-order valence-corrected chi connectivity index (χ1v) is 7.90. The maximum Gasteiger partial charge on any atom is 0.205 e. The zero-order chi connectivity index (χ0) is 18.4. The van der Waals surface area contributed by atoms with Gasteiger partial charge < -0.3 is 15.0 Å². The highest BCUT2D eigenvalue weighted by molar-refractivity contribution is 5.89. The maximum absolute atomic E-state index is 14.9. The molecule has 1 aliphatic heterocycles. The lowest BCUT2D eigenvalue weighted by Crippen LogP contribution is -2.22. The van der Waals surface area contributed by atoms with Crippen LogP contribution in [0.15, 0.2) is 54.1 Å². The minimum absolute atomic E-state index is 0.0527. The van der Waals surface area contributed by atoms with Gasteiger partial charge in [0.2, 0.25) is 5.88 Å². The van der Waals surface area contributed by atoms with Crippen LogP contribution in [0.3, 0.4) is 0 Å². The van der Waals surface area contributed by atoms with Gasteiger partial charge in [-0.1, -0.05) is 18.2 Å². The van der Waals surface area contributed by atoms with E-state index in [1.165, 1.54) is 6.07 Å². The van der Waals surface area contributed by atoms with E-state index in [9.17, 15) is 9.65 Å². The molecule has 0 amide bonds. The second-order valence-electron chi connectivity index (χ2n) is 6.09. The van der Waals surface area contributed by atoms with Crippen LogP contribution in [0.1, 0.15) is 22.6 Å². The van der Waals surface area contributed by atoms with Crippen molar-refractivity contribution >= 4 is 10.9 Å². The first kappa shape index (κ1) is 15.7. The molecule has 1 aromatic heterocycles. The molecule has 2 aromatic carbocycles. The number of aryl methyl sites for hydroxylation is 1. The topological polar surface area (TPSA) is 87.8 Å². The fraction of sp³-hybridized carbons (Fsp3) is 0.100. The van der Waals surface area contributed by atoms with E-state index in [1.807, 2.05) is 48.1 Å². The molecule has 26 heavy (non-hydrogen) atoms. The molecule has 2 heterocycles. The van der Waals surface area contributed by atoms with Crippen LogP contribution in [0, 0.1) is 28.5 Å². The number of nitriles is 2. The highest BCUT2D eigenvalue weighted by Crippen LogP contribution is 2.46. The van der Waals surface area contributed by atoms with Gasteiger partial charge in [0.1, 0.15) is 29.3 Å². The summed E-state index contributed by atoms with van der Waals surface area (Å²) in [7, 11) is 1.91. The Morgan fingerprint density at radius 1 is 1.12 bits per heavy atom. The molecule has 0 saturated heterocycles. The number of benzene rings is 2. The number of halogens is 1. The van der Waals surface area contributed by atoms with E-state index in [4.69, 9.17) is 15.7 Å². The Kier molecular flexibility index (Phi) is 3.42. The average Bonchev–Trinajstić information content (AvgIpc) is 3.02. The number of fused-ring (bicyclic) bond motifs is 3. The number of rotatable bonds is 1. The molecule has 0 radical (unpaired) electrons. The molecular weight excluding hydrogens is 331 g/mol. The van der Waals surface area contributed by atoms with Crippen LogP contribution in [-0.2, 0) is 7.05 Å². The van der Waals surface area contributed by atoms with E-state index < -0.39 is 11.7 Å². The molecule has 126 valence electrons. The molecule has 0 spiro atoms. The number of ether oxygens (including phenoxy) is 1. The Morgan fingerprint density at radius 3 is 2.65 bits per heavy atom. The molecule has 0 saturated carbocycles. The SMILES string of the molecule is Cn1ccc2c3c(ccc21)C(c1cccc(C#N)c1F)C(C#N)=C(N)O3. The van der Waals surface area contributed by atoms with Crippen LogP contribution < -0.4 is 10.5 Å². The summed E-state index contributed by atoms with van der Waals surface area (Å²) in [4.78, 5) is 0. The van der Waals surface area contributed by atoms with Gasteiger partial charge in [0.25, 0.3) is 0 Å². The van der Waals surface area contributed by atoms with Gasteiger partial charge in [-0.3, -0.25) is 0 Å². The third-order valence-corrected chi connectivity index (χ3v) is 4.71. The van der Waals surface area contributed by atoms with E-state index in [0.717, 1.165) is 10.9 Å². The highest BCUT2D eigenvalue weighted by atomic mass is 19.1. The lowest BCUT2D eigenvalue weighted by Gasteiger charge is -2.27. The van der Waals surface area contributed by atoms with E-state index in [0.29, 0.717) is 11.3 Å². The largest absolute Gasteiger partial charge is 0.439 e. The van der Waals surface area contributed by atoms with Crippen molar-refractivity contribution in [1.29, 1.82) is 10.5 Å². The standard InChI is InChI=1S/C20H13FN4O/c1-25-8-7-12-16(25)6-5-14-17(15(10-23)20(24)26-19(12)14)13-4-2-3-11(9-22)18(13)21/h2-8,17H,24H2,1H3. The normalized spacial score (nSPS) is 15.9. The Balaban J connectivity index is 2.05. The van der Waals surface area contributed by atoms with Crippen molar-refractivity contribution < 1.29 is 9.13 Å². The monoisotopic (exact) mass is 344 g/mol. The Hall–Kier alpha value is -3.77. The second kappa shape index (κ2) is 5.65. The third kappa shape index (κ3) is 2.06. The van der Waals surface area contributed by atoms with Crippen molar-refractivity contribution in [3.05, 3.63) is 76.6 Å². The summed E-state index contributed by atoms with van der Waals surface area (Å²) in [6, 6.07) is 14.0. The summed E-state index contributed by atoms with van der Waals surface area (Å²) in [5.41, 5.74) is 7.84. The minimum atomic E-state index is -0.735. The highest BCUT2D eigenvalue weighted by Gasteiger charge is 2.34. The van der Waals surface area contributed by atoms with Crippen LogP contribution in [0.25, 0.3) is 10.9 Å². The van der Waals surface area contributed by atoms with Crippen molar-refractivity contribution in [2.45, 2.75) is 5.92 Å². The Bertz CT molecular complexity index is 1180. The lowest BCUT2D eigenvalue weighted by molar-refractivity contribution is 0.397. The second-order valence-corrected chi connectivity index (χ2v) is 6.09. The Morgan fingerprint density at radius 2 is 1.92 bits per heavy atom. The van der Waals surface area contributed by atoms with Crippen LogP contribution >= 0.6 is 0 Å². The first-order chi connectivity index (χ1) is 12.6. The maximum atomic E-state index is 14.9. The number of hydrogen-bond acceptors (Lipinski definition) is 4. The van der Waals surface area contributed by atoms with Gasteiger partial charge in [0, 0.05) is 29.8 Å². The molecule has 1 unspecified atom stereocenters. The fourth-order valence-corrected chi connectivity index (χ4v) is 3.45. The molecule has 1 atom stereocenters. The van der Waals surface area contributed by atoms with Crippen LogP contribution in [0.5, 0.6) is 5.75 Å². The van der Waals surface area contributed by atoms with E-state index >= 15 is 0 Å². The van der Waals surface area contributed by atoms with Crippen molar-refractivity contribution in [2.24, 2.45) is 12.8 Å². The quantitative estimate of drug-likeness (QED) is 0.733. The molecule has 0 fully saturated rings. The average molecular weight is 344 g/mol. The number of nitrogens with zero attached hydrogens (tertiary/aromatic N) is 3. The van der Waals surface area contributed by atoms with Gasteiger partial charge in [0.15, 0.2) is 0 Å². The molecule has 2 N–H and O–H groups in total. The van der Waals surface area contributed by atoms with Crippen molar-refractivity contribution in [2.75, 3.05) is 0 Å². The van der Waals surface area contributed by atoms with Gasteiger partial charge in [-0.15, -0.1) is 0 Å². The molecule has 0 bridgehead atoms. The van der Waals surface area contributed by atoms with E-state index in [-0.39, 0.29) is 22.6 Å². The number of hydrogen-bond donors (Lipinski definition) is 1. The molecular formula is C20H13FN4O. The summed E-state index contributed by atoms with van der Waals surface area (Å²) < 4.78 is 22.5. The Labute approximate surface area is 148 Å². The smallest absolute Gasteiger partial charge is 0.205 e. The summed E-state index contributed by atoms with van der Waals surface area (Å²) in [5, 5.41) is 19.6. The fourth-order valence-electron chi connectivity index (χ4n) is 3.45. The van der Waals surface area contributed by atoms with Gasteiger partial charge in [-0.2, -0.15) is 10.5 Å². The van der Waals surface area contributed by atoms with Crippen molar-refractivity contribution in [3.8, 4) is 17.9 Å². The van der Waals surface area contributed by atoms with Gasteiger partial charge in [-0.05, 0) is 18.2 Å². The van der Waals surface area contributed by atoms with Gasteiger partial charge in [-0.25, -0.2) is 4.39 Å². The predicted molar refractivity (Wildman–Crippen MR) is 93.3 cm³/mol. The zero-order valence-electron chi connectivity index (χ0n) is 13.8. The van der Waals surface area contributed by atoms with Crippen LogP contribution in [0.4, 0.5) is 4.39 Å². The van der Waals surface area contributed by atoms with E-state index in [1.54, 1.807) is 12.1 Å². The van der Waals surface area contributed by atoms with Crippen molar-refractivity contribution in [1.82, 2.24) is 4.57 Å². The summed E-state index contributed by atoms with van der Waals surface area (Å²) in [6.45, 7) is 0. The van der Waals surface area contributed by atoms with Crippen LogP contribution in [0.2, 0.25) is 0 Å². The molecule has 5 nitrogen and oxygen atoms in total. The van der Waals surface area contributed by atoms with Gasteiger partial charge >= 0.3 is 0 Å². The first-order valence-electron chi connectivity index (χ1n) is 7.90. The zero-order valence-corrected chi connectivity index (χ0v) is 13.8.